The van der Waals surface area contributed by atoms with Crippen LogP contribution in [0.1, 0.15) is 101 Å². The summed E-state index contributed by atoms with van der Waals surface area (Å²) in [6, 6.07) is 0. The summed E-state index contributed by atoms with van der Waals surface area (Å²) in [5, 5.41) is 79.2. The van der Waals surface area contributed by atoms with Crippen LogP contribution < -0.4 is 0 Å². The van der Waals surface area contributed by atoms with Crippen LogP contribution in [0.25, 0.3) is 0 Å². The van der Waals surface area contributed by atoms with Gasteiger partial charge in [0, 0.05) is 19.4 Å². The normalized spacial score (nSPS) is 48.1. The minimum atomic E-state index is -5.21. The molecular weight excluding hydrogens is 1170 g/mol. The molecule has 0 aromatic rings. The van der Waals surface area contributed by atoms with Crippen LogP contribution in [0.2, 0.25) is 0 Å². The monoisotopic (exact) mass is 1260 g/mol. The van der Waals surface area contributed by atoms with Gasteiger partial charge in [0.2, 0.25) is 0 Å². The van der Waals surface area contributed by atoms with Gasteiger partial charge >= 0.3 is 32.7 Å². The van der Waals surface area contributed by atoms with E-state index < -0.39 is 197 Å². The fourth-order valence-corrected chi connectivity index (χ4v) is 16.9. The lowest BCUT2D eigenvalue weighted by molar-refractivity contribution is -0.386. The number of cyclic esters (lactones) is 1. The summed E-state index contributed by atoms with van der Waals surface area (Å²) in [5.74, 6) is -1.28. The van der Waals surface area contributed by atoms with Gasteiger partial charge in [-0.15, -0.1) is 0 Å². The largest absolute Gasteiger partial charge is 0.462 e. The lowest BCUT2D eigenvalue weighted by Crippen LogP contribution is -2.66. The molecular formula is C55H84O28S2. The Morgan fingerprint density at radius 2 is 1.38 bits per heavy atom. The van der Waals surface area contributed by atoms with E-state index in [0.717, 1.165) is 11.1 Å². The number of aliphatic hydroxyl groups is 7. The molecule has 85 heavy (non-hydrogen) atoms. The molecule has 9 aliphatic rings. The van der Waals surface area contributed by atoms with E-state index in [-0.39, 0.29) is 23.2 Å². The number of carbonyl (C=O) groups is 2. The first-order valence-corrected chi connectivity index (χ1v) is 31.4. The van der Waals surface area contributed by atoms with Crippen LogP contribution in [0.5, 0.6) is 0 Å². The van der Waals surface area contributed by atoms with Crippen molar-refractivity contribution < 1.29 is 132 Å². The highest BCUT2D eigenvalue weighted by atomic mass is 32.3. The molecule has 27 unspecified atom stereocenters. The molecule has 0 amide bonds. The van der Waals surface area contributed by atoms with Crippen molar-refractivity contribution in [2.75, 3.05) is 26.9 Å². The van der Waals surface area contributed by atoms with E-state index in [4.69, 9.17) is 56.3 Å². The average Bonchev–Trinajstić information content (AvgIpc) is 1.53. The van der Waals surface area contributed by atoms with Gasteiger partial charge in [0.05, 0.1) is 43.4 Å². The van der Waals surface area contributed by atoms with Gasteiger partial charge in [-0.2, -0.15) is 16.8 Å². The molecule has 5 saturated heterocycles. The molecule has 5 heterocycles. The molecule has 9 rings (SSSR count). The Morgan fingerprint density at radius 1 is 0.729 bits per heavy atom. The molecule has 1 spiro atoms. The number of esters is 2. The standard InChI is InChI=1S/C55H84O28S2/c1-24(2)12-11-17-54(9)45-30(76-26(4)56)20-53(8)28-13-14-33-51(5,6)34(16-18-52(33,7)27(28)15-19-55(45,53)50(64)82-54)78-49-44(36(59)32(22-73-49)83-85(68,69)70)81-47-38(61)37(60)41(25(3)75-47)79-48-40(63)43(35(58)31(77-48)23-74-84(65,66)67)80-46-39(62)42(71-10)29(57)21-72-46/h11-13,17,25,27,29-49,57-63H,14-16,18-23H2,1-10H3,(H,65,66,67)(H,68,69,70). The second-order valence-electron chi connectivity index (χ2n) is 25.8. The van der Waals surface area contributed by atoms with E-state index >= 15 is 0 Å². The Kier molecular flexibility index (Phi) is 19.2. The van der Waals surface area contributed by atoms with E-state index in [0.29, 0.717) is 38.5 Å². The molecule has 9 N–H and O–H groups in total. The van der Waals surface area contributed by atoms with Gasteiger partial charge in [-0.05, 0) is 95.0 Å². The summed E-state index contributed by atoms with van der Waals surface area (Å²) >= 11 is 0. The van der Waals surface area contributed by atoms with Crippen LogP contribution >= 0.6 is 0 Å². The van der Waals surface area contributed by atoms with Gasteiger partial charge < -0.3 is 87.9 Å². The third kappa shape index (κ3) is 12.4. The summed E-state index contributed by atoms with van der Waals surface area (Å²) in [4.78, 5) is 27.4. The third-order valence-corrected chi connectivity index (χ3v) is 20.9. The first kappa shape index (κ1) is 66.7. The van der Waals surface area contributed by atoms with Crippen molar-refractivity contribution in [2.24, 2.45) is 39.4 Å². The number of carbonyl (C=O) groups excluding carboxylic acids is 2. The highest BCUT2D eigenvalue weighted by Gasteiger charge is 2.79. The smallest absolute Gasteiger partial charge is 0.397 e. The van der Waals surface area contributed by atoms with Crippen molar-refractivity contribution >= 4 is 32.7 Å². The molecule has 484 valence electrons. The Balaban J connectivity index is 0.930. The number of fused-ring (bicyclic) bond motifs is 4. The first-order chi connectivity index (χ1) is 39.5. The van der Waals surface area contributed by atoms with E-state index in [9.17, 15) is 71.3 Å². The van der Waals surface area contributed by atoms with Crippen LogP contribution in [0.15, 0.2) is 35.5 Å². The highest BCUT2D eigenvalue weighted by Crippen LogP contribution is 2.76. The SMILES string of the molecule is COC1C(O)COC(OC2C(O)C(COS(=O)(=O)O)OC(OC3C(C)OC(OC4C(OC5CCC6(C)C7CCC89C(=O)OC(C)(C=CC=C(C)C)C8C(OC(C)=O)CC9(C)C7=CCC6C5(C)C)OCC(OS(=O)(=O)O)C4O)C(O)C3O)C2O)C1O. The van der Waals surface area contributed by atoms with Crippen LogP contribution in [-0.2, 0) is 90.9 Å². The third-order valence-electron chi connectivity index (χ3n) is 20.0. The van der Waals surface area contributed by atoms with Gasteiger partial charge in [-0.1, -0.05) is 57.1 Å². The number of ether oxygens (including phenoxy) is 11. The van der Waals surface area contributed by atoms with E-state index in [1.165, 1.54) is 21.0 Å². The van der Waals surface area contributed by atoms with Crippen molar-refractivity contribution in [3.05, 3.63) is 35.5 Å². The predicted molar refractivity (Wildman–Crippen MR) is 286 cm³/mol. The minimum absolute atomic E-state index is 0.00640. The van der Waals surface area contributed by atoms with Crippen molar-refractivity contribution in [2.45, 2.75) is 229 Å². The lowest BCUT2D eigenvalue weighted by atomic mass is 9.41. The molecule has 0 bridgehead atoms. The number of methoxy groups -OCH3 is 1. The minimum Gasteiger partial charge on any atom is -0.462 e. The molecule has 28 nitrogen and oxygen atoms in total. The average molecular weight is 1260 g/mol. The van der Waals surface area contributed by atoms with Gasteiger partial charge in [0.25, 0.3) is 0 Å². The Hall–Kier alpha value is -2.74. The fourth-order valence-electron chi connectivity index (χ4n) is 16.1. The maximum absolute atomic E-state index is 14.6. The number of rotatable bonds is 17. The molecule has 5 aliphatic heterocycles. The zero-order valence-corrected chi connectivity index (χ0v) is 50.7. The molecule has 8 fully saturated rings. The molecule has 27 atom stereocenters. The summed E-state index contributed by atoms with van der Waals surface area (Å²) < 4.78 is 141. The van der Waals surface area contributed by atoms with Crippen molar-refractivity contribution in [3.63, 3.8) is 0 Å². The Bertz CT molecular complexity index is 2770. The van der Waals surface area contributed by atoms with Crippen LogP contribution in [0.3, 0.4) is 0 Å². The van der Waals surface area contributed by atoms with Gasteiger partial charge in [-0.3, -0.25) is 18.7 Å². The van der Waals surface area contributed by atoms with Crippen LogP contribution in [0.4, 0.5) is 0 Å². The number of hydrogen-bond donors (Lipinski definition) is 9. The predicted octanol–water partition coefficient (Wildman–Crippen LogP) is 0.223. The van der Waals surface area contributed by atoms with Crippen molar-refractivity contribution in [1.29, 1.82) is 0 Å². The summed E-state index contributed by atoms with van der Waals surface area (Å²) in [6.07, 6.45) is -22.0. The van der Waals surface area contributed by atoms with Crippen molar-refractivity contribution in [1.82, 2.24) is 0 Å². The molecule has 30 heteroatoms. The van der Waals surface area contributed by atoms with Crippen LogP contribution in [0, 0.1) is 39.4 Å². The second kappa shape index (κ2) is 24.5. The van der Waals surface area contributed by atoms with Gasteiger partial charge in [0.1, 0.15) is 91.1 Å². The Labute approximate surface area is 493 Å². The zero-order chi connectivity index (χ0) is 62.5. The van der Waals surface area contributed by atoms with Crippen molar-refractivity contribution in [3.8, 4) is 0 Å². The molecule has 3 saturated carbocycles. The Morgan fingerprint density at radius 3 is 2.02 bits per heavy atom. The van der Waals surface area contributed by atoms with E-state index in [1.54, 1.807) is 0 Å². The molecule has 0 aromatic heterocycles. The number of allylic oxidation sites excluding steroid dienone is 5. The maximum atomic E-state index is 14.6. The first-order valence-electron chi connectivity index (χ1n) is 28.7. The van der Waals surface area contributed by atoms with Gasteiger partial charge in [0.15, 0.2) is 25.2 Å². The summed E-state index contributed by atoms with van der Waals surface area (Å²) in [7, 11) is -9.17. The lowest BCUT2D eigenvalue weighted by Gasteiger charge is -2.63. The topological polar surface area (TPSA) is 404 Å². The second-order valence-corrected chi connectivity index (χ2v) is 27.9. The molecule has 0 radical (unpaired) electrons. The molecule has 4 aliphatic carbocycles. The zero-order valence-electron chi connectivity index (χ0n) is 49.1. The van der Waals surface area contributed by atoms with Gasteiger partial charge in [-0.25, -0.2) is 8.37 Å². The number of aliphatic hydroxyl groups excluding tert-OH is 7. The van der Waals surface area contributed by atoms with E-state index in [2.05, 4.69) is 38.0 Å². The molecule has 0 aromatic carbocycles. The van der Waals surface area contributed by atoms with Crippen LogP contribution in [-0.4, -0.2) is 229 Å². The summed E-state index contributed by atoms with van der Waals surface area (Å²) in [5.41, 5.74) is -1.62. The number of hydrogen-bond acceptors (Lipinski definition) is 26. The fraction of sp³-hybridized carbons (Fsp3) is 0.855. The summed E-state index contributed by atoms with van der Waals surface area (Å²) in [6.45, 7) is 14.9. The quantitative estimate of drug-likeness (QED) is 0.0407. The van der Waals surface area contributed by atoms with E-state index in [1.807, 2.05) is 39.0 Å². The maximum Gasteiger partial charge on any atom is 0.397 e. The highest BCUT2D eigenvalue weighted by molar-refractivity contribution is 7.81.